The van der Waals surface area contributed by atoms with E-state index in [0.717, 1.165) is 0 Å². The number of rotatable bonds is 5. The van der Waals surface area contributed by atoms with E-state index in [1.165, 1.54) is 24.1 Å². The molecule has 29 heavy (non-hydrogen) atoms. The zero-order valence-electron chi connectivity index (χ0n) is 16.0. The minimum Gasteiger partial charge on any atom is -0.496 e. The van der Waals surface area contributed by atoms with Crippen molar-refractivity contribution in [2.45, 2.75) is 25.8 Å². The van der Waals surface area contributed by atoms with Crippen molar-refractivity contribution in [3.63, 3.8) is 0 Å². The van der Waals surface area contributed by atoms with Gasteiger partial charge in [0, 0.05) is 28.9 Å². The van der Waals surface area contributed by atoms with Crippen molar-refractivity contribution in [3.05, 3.63) is 62.7 Å². The Morgan fingerprint density at radius 1 is 1.28 bits per heavy atom. The van der Waals surface area contributed by atoms with E-state index in [-0.39, 0.29) is 17.2 Å². The number of halogens is 1. The molecule has 1 atom stereocenters. The topological polar surface area (TPSA) is 102 Å². The van der Waals surface area contributed by atoms with E-state index < -0.39 is 16.9 Å². The van der Waals surface area contributed by atoms with Gasteiger partial charge in [-0.25, -0.2) is 0 Å². The number of nitrogens with one attached hydrogen (secondary N) is 1. The van der Waals surface area contributed by atoms with Gasteiger partial charge < -0.3 is 15.0 Å². The molecule has 0 spiro atoms. The second-order valence-electron chi connectivity index (χ2n) is 6.75. The lowest BCUT2D eigenvalue weighted by Gasteiger charge is -2.25. The molecule has 2 aromatic rings. The lowest BCUT2D eigenvalue weighted by molar-refractivity contribution is -0.385. The Morgan fingerprint density at radius 3 is 2.72 bits per heavy atom. The van der Waals surface area contributed by atoms with Gasteiger partial charge in [-0.3, -0.25) is 19.7 Å². The monoisotopic (exact) mass is 417 g/mol. The lowest BCUT2D eigenvalue weighted by Crippen LogP contribution is -2.43. The smallest absolute Gasteiger partial charge is 0.274 e. The number of hydrogen-bond acceptors (Lipinski definition) is 5. The number of carbonyl (C=O) groups is 2. The Hall–Kier alpha value is -3.13. The Kier molecular flexibility index (Phi) is 6.03. The molecule has 9 heteroatoms. The maximum Gasteiger partial charge on any atom is 0.274 e. The van der Waals surface area contributed by atoms with E-state index in [2.05, 4.69) is 5.32 Å². The number of carbonyl (C=O) groups excluding carboxylic acids is 2. The van der Waals surface area contributed by atoms with Gasteiger partial charge in [0.2, 0.25) is 5.91 Å². The summed E-state index contributed by atoms with van der Waals surface area (Å²) in [7, 11) is 1.46. The minimum absolute atomic E-state index is 0.0779. The molecule has 1 fully saturated rings. The number of amides is 2. The maximum absolute atomic E-state index is 13.1. The Labute approximate surface area is 172 Å². The molecule has 1 heterocycles. The van der Waals surface area contributed by atoms with Crippen molar-refractivity contribution in [1.29, 1.82) is 0 Å². The Morgan fingerprint density at radius 2 is 2.03 bits per heavy atom. The molecule has 0 unspecified atom stereocenters. The minimum atomic E-state index is -0.688. The van der Waals surface area contributed by atoms with E-state index in [1.54, 1.807) is 31.2 Å². The Balaban J connectivity index is 1.81. The van der Waals surface area contributed by atoms with Crippen LogP contribution in [0.4, 0.5) is 11.4 Å². The number of nitro benzene ring substituents is 1. The van der Waals surface area contributed by atoms with Gasteiger partial charge >= 0.3 is 0 Å². The van der Waals surface area contributed by atoms with Crippen molar-refractivity contribution in [3.8, 4) is 5.75 Å². The molecule has 0 bridgehead atoms. The molecule has 0 aromatic heterocycles. The number of benzene rings is 2. The number of methoxy groups -OCH3 is 1. The molecule has 3 rings (SSSR count). The van der Waals surface area contributed by atoms with Gasteiger partial charge in [0.1, 0.15) is 11.8 Å². The number of aryl methyl sites for hydroxylation is 1. The molecule has 1 N–H and O–H groups in total. The first-order chi connectivity index (χ1) is 13.8. The molecule has 0 radical (unpaired) electrons. The van der Waals surface area contributed by atoms with Crippen LogP contribution in [0.1, 0.15) is 28.8 Å². The second kappa shape index (κ2) is 8.48. The van der Waals surface area contributed by atoms with Gasteiger partial charge in [-0.1, -0.05) is 17.7 Å². The summed E-state index contributed by atoms with van der Waals surface area (Å²) in [5, 5.41) is 14.2. The van der Waals surface area contributed by atoms with Gasteiger partial charge in [0.15, 0.2) is 0 Å². The third kappa shape index (κ3) is 4.32. The van der Waals surface area contributed by atoms with Crippen LogP contribution < -0.4 is 10.1 Å². The van der Waals surface area contributed by atoms with Crippen LogP contribution in [0.2, 0.25) is 5.02 Å². The number of anilines is 1. The zero-order valence-corrected chi connectivity index (χ0v) is 16.7. The van der Waals surface area contributed by atoms with Crippen LogP contribution in [0.3, 0.4) is 0 Å². The van der Waals surface area contributed by atoms with E-state index in [0.29, 0.717) is 41.4 Å². The summed E-state index contributed by atoms with van der Waals surface area (Å²) in [5.41, 5.74) is 1.02. The highest BCUT2D eigenvalue weighted by Crippen LogP contribution is 2.29. The molecule has 2 aromatic carbocycles. The fraction of sp³-hybridized carbons (Fsp3) is 0.300. The van der Waals surface area contributed by atoms with E-state index >= 15 is 0 Å². The Bertz CT molecular complexity index is 979. The molecule has 152 valence electrons. The highest BCUT2D eigenvalue weighted by Gasteiger charge is 2.35. The standard InChI is InChI=1S/C20H20ClN3O5/c1-12-5-7-14(11-17(12)24(27)28)22-19(25)16-4-3-9-23(16)20(26)15-10-13(21)6-8-18(15)29-2/h5-8,10-11,16H,3-4,9H2,1-2H3,(H,22,25)/t16-/m1/s1. The van der Waals surface area contributed by atoms with Crippen LogP contribution in [0.5, 0.6) is 5.75 Å². The molecule has 0 aliphatic carbocycles. The van der Waals surface area contributed by atoms with Crippen LogP contribution in [-0.4, -0.2) is 41.3 Å². The van der Waals surface area contributed by atoms with Gasteiger partial charge in [0.25, 0.3) is 11.6 Å². The largest absolute Gasteiger partial charge is 0.496 e. The van der Waals surface area contributed by atoms with Gasteiger partial charge in [-0.05, 0) is 44.0 Å². The quantitative estimate of drug-likeness (QED) is 0.588. The third-order valence-corrected chi connectivity index (χ3v) is 5.12. The summed E-state index contributed by atoms with van der Waals surface area (Å²) in [5.74, 6) is -0.369. The van der Waals surface area contributed by atoms with Crippen molar-refractivity contribution in [1.82, 2.24) is 4.90 Å². The van der Waals surface area contributed by atoms with Crippen molar-refractivity contribution in [2.24, 2.45) is 0 Å². The average molecular weight is 418 g/mol. The van der Waals surface area contributed by atoms with Gasteiger partial charge in [-0.2, -0.15) is 0 Å². The van der Waals surface area contributed by atoms with Crippen LogP contribution in [0.25, 0.3) is 0 Å². The van der Waals surface area contributed by atoms with E-state index in [1.807, 2.05) is 0 Å². The summed E-state index contributed by atoms with van der Waals surface area (Å²) in [6, 6.07) is 8.53. The summed E-state index contributed by atoms with van der Waals surface area (Å²) >= 11 is 6.02. The van der Waals surface area contributed by atoms with E-state index in [4.69, 9.17) is 16.3 Å². The molecule has 1 aliphatic heterocycles. The first-order valence-corrected chi connectivity index (χ1v) is 9.40. The molecule has 8 nitrogen and oxygen atoms in total. The van der Waals surface area contributed by atoms with Gasteiger partial charge in [-0.15, -0.1) is 0 Å². The number of hydrogen-bond donors (Lipinski definition) is 1. The lowest BCUT2D eigenvalue weighted by atomic mass is 10.1. The second-order valence-corrected chi connectivity index (χ2v) is 7.19. The van der Waals surface area contributed by atoms with Gasteiger partial charge in [0.05, 0.1) is 17.6 Å². The molecular weight excluding hydrogens is 398 g/mol. The van der Waals surface area contributed by atoms with Crippen LogP contribution >= 0.6 is 11.6 Å². The zero-order chi connectivity index (χ0) is 21.1. The maximum atomic E-state index is 13.1. The highest BCUT2D eigenvalue weighted by molar-refractivity contribution is 6.31. The first kappa shape index (κ1) is 20.6. The fourth-order valence-corrected chi connectivity index (χ4v) is 3.57. The molecular formula is C20H20ClN3O5. The average Bonchev–Trinajstić information content (AvgIpc) is 3.18. The molecule has 1 aliphatic rings. The summed E-state index contributed by atoms with van der Waals surface area (Å²) in [6.07, 6.45) is 1.16. The predicted molar refractivity (Wildman–Crippen MR) is 109 cm³/mol. The molecule has 2 amide bonds. The first-order valence-electron chi connectivity index (χ1n) is 9.02. The third-order valence-electron chi connectivity index (χ3n) is 4.88. The summed E-state index contributed by atoms with van der Waals surface area (Å²) in [6.45, 7) is 2.04. The predicted octanol–water partition coefficient (Wildman–Crippen LogP) is 3.81. The van der Waals surface area contributed by atoms with Crippen LogP contribution in [0.15, 0.2) is 36.4 Å². The fourth-order valence-electron chi connectivity index (χ4n) is 3.39. The number of ether oxygens (including phenoxy) is 1. The SMILES string of the molecule is COc1ccc(Cl)cc1C(=O)N1CCC[C@@H]1C(=O)Nc1ccc(C)c([N+](=O)[O-])c1. The van der Waals surface area contributed by atoms with Crippen LogP contribution in [0, 0.1) is 17.0 Å². The van der Waals surface area contributed by atoms with Crippen molar-refractivity contribution >= 4 is 34.8 Å². The molecule has 0 saturated carbocycles. The summed E-state index contributed by atoms with van der Waals surface area (Å²) in [4.78, 5) is 38.0. The number of nitrogens with zero attached hydrogens (tertiary/aromatic N) is 2. The summed E-state index contributed by atoms with van der Waals surface area (Å²) < 4.78 is 5.25. The number of likely N-dealkylation sites (tertiary alicyclic amines) is 1. The molecule has 1 saturated heterocycles. The highest BCUT2D eigenvalue weighted by atomic mass is 35.5. The van der Waals surface area contributed by atoms with Crippen molar-refractivity contribution in [2.75, 3.05) is 19.0 Å². The van der Waals surface area contributed by atoms with Crippen LogP contribution in [-0.2, 0) is 4.79 Å². The normalized spacial score (nSPS) is 15.8. The van der Waals surface area contributed by atoms with Crippen molar-refractivity contribution < 1.29 is 19.2 Å². The van der Waals surface area contributed by atoms with E-state index in [9.17, 15) is 19.7 Å². The number of nitro groups is 1.